The van der Waals surface area contributed by atoms with Gasteiger partial charge in [-0.15, -0.1) is 5.10 Å². The van der Waals surface area contributed by atoms with Crippen LogP contribution in [0.2, 0.25) is 0 Å². The third kappa shape index (κ3) is 4.54. The molecule has 2 aromatic rings. The first kappa shape index (κ1) is 19.9. The minimum Gasteiger partial charge on any atom is -0.497 e. The summed E-state index contributed by atoms with van der Waals surface area (Å²) in [6.07, 6.45) is 2.38. The van der Waals surface area contributed by atoms with Gasteiger partial charge in [-0.3, -0.25) is 9.69 Å². The van der Waals surface area contributed by atoms with Crippen LogP contribution in [0.15, 0.2) is 58.7 Å². The maximum atomic E-state index is 12.7. The van der Waals surface area contributed by atoms with E-state index in [2.05, 4.69) is 10.2 Å². The molecule has 1 aliphatic heterocycles. The van der Waals surface area contributed by atoms with Gasteiger partial charge in [0.15, 0.2) is 5.17 Å². The number of carbonyl (C=O) groups excluding carboxylic acids is 1. The number of amidine groups is 1. The molecule has 0 aliphatic carbocycles. The first-order valence-electron chi connectivity index (χ1n) is 9.01. The molecule has 0 N–H and O–H groups in total. The van der Waals surface area contributed by atoms with Crippen molar-refractivity contribution in [3.8, 4) is 11.5 Å². The molecule has 0 aromatic heterocycles. The van der Waals surface area contributed by atoms with Gasteiger partial charge in [0.2, 0.25) is 5.91 Å². The lowest BCUT2D eigenvalue weighted by Gasteiger charge is -2.15. The summed E-state index contributed by atoms with van der Waals surface area (Å²) in [7, 11) is 3.20. The molecule has 146 valence electrons. The number of amides is 1. The molecule has 7 heteroatoms. The van der Waals surface area contributed by atoms with Gasteiger partial charge in [0.1, 0.15) is 11.5 Å². The van der Waals surface area contributed by atoms with Crippen molar-refractivity contribution in [2.24, 2.45) is 10.2 Å². The molecule has 1 saturated heterocycles. The van der Waals surface area contributed by atoms with Crippen molar-refractivity contribution in [1.29, 1.82) is 0 Å². The predicted octanol–water partition coefficient (Wildman–Crippen LogP) is 3.95. The molecule has 28 heavy (non-hydrogen) atoms. The number of hydrogen-bond acceptors (Lipinski definition) is 6. The van der Waals surface area contributed by atoms with E-state index in [9.17, 15) is 4.79 Å². The van der Waals surface area contributed by atoms with Crippen LogP contribution in [0.5, 0.6) is 11.5 Å². The first-order valence-corrected chi connectivity index (χ1v) is 9.89. The Bertz CT molecular complexity index is 884. The minimum atomic E-state index is -0.117. The van der Waals surface area contributed by atoms with Gasteiger partial charge in [-0.1, -0.05) is 49.0 Å². The van der Waals surface area contributed by atoms with Crippen LogP contribution >= 0.6 is 11.8 Å². The Morgan fingerprint density at radius 1 is 1.14 bits per heavy atom. The number of nitrogens with zero attached hydrogens (tertiary/aromatic N) is 3. The van der Waals surface area contributed by atoms with Gasteiger partial charge < -0.3 is 9.47 Å². The molecule has 0 radical (unpaired) electrons. The zero-order valence-electron chi connectivity index (χ0n) is 16.2. The summed E-state index contributed by atoms with van der Waals surface area (Å²) >= 11 is 1.46. The fourth-order valence-electron chi connectivity index (χ4n) is 2.82. The van der Waals surface area contributed by atoms with Crippen LogP contribution in [0.25, 0.3) is 0 Å². The van der Waals surface area contributed by atoms with Crippen molar-refractivity contribution in [3.05, 3.63) is 59.7 Å². The summed E-state index contributed by atoms with van der Waals surface area (Å²) in [5, 5.41) is 9.04. The largest absolute Gasteiger partial charge is 0.497 e. The van der Waals surface area contributed by atoms with Crippen molar-refractivity contribution < 1.29 is 14.3 Å². The van der Waals surface area contributed by atoms with E-state index in [1.54, 1.807) is 31.4 Å². The van der Waals surface area contributed by atoms with Crippen molar-refractivity contribution in [2.75, 3.05) is 14.2 Å². The second-order valence-electron chi connectivity index (χ2n) is 6.16. The van der Waals surface area contributed by atoms with Crippen molar-refractivity contribution in [3.63, 3.8) is 0 Å². The summed E-state index contributed by atoms with van der Waals surface area (Å²) in [6.45, 7) is 2.49. The highest BCUT2D eigenvalue weighted by Gasteiger charge is 2.36. The quantitative estimate of drug-likeness (QED) is 0.524. The van der Waals surface area contributed by atoms with Crippen LogP contribution in [0, 0.1) is 0 Å². The Morgan fingerprint density at radius 2 is 1.93 bits per heavy atom. The maximum absolute atomic E-state index is 12.7. The lowest BCUT2D eigenvalue weighted by molar-refractivity contribution is -0.126. The standard InChI is InChI=1S/C21H23N3O3S/c1-4-19-20(25)24(14-15-8-6-5-7-9-15)21(28-19)23-22-13-16-10-11-17(26-2)12-18(16)27-3/h5-13,19H,4,14H2,1-3H3. The minimum absolute atomic E-state index is 0.0762. The van der Waals surface area contributed by atoms with Gasteiger partial charge in [-0.25, -0.2) is 0 Å². The Morgan fingerprint density at radius 3 is 2.61 bits per heavy atom. The smallest absolute Gasteiger partial charge is 0.242 e. The van der Waals surface area contributed by atoms with Gasteiger partial charge >= 0.3 is 0 Å². The van der Waals surface area contributed by atoms with Gasteiger partial charge in [0.25, 0.3) is 0 Å². The predicted molar refractivity (Wildman–Crippen MR) is 113 cm³/mol. The molecule has 0 saturated carbocycles. The van der Waals surface area contributed by atoms with Gasteiger partial charge in [0, 0.05) is 11.6 Å². The molecule has 1 amide bonds. The van der Waals surface area contributed by atoms with Crippen LogP contribution < -0.4 is 9.47 Å². The molecule has 0 spiro atoms. The number of benzene rings is 2. The summed E-state index contributed by atoms with van der Waals surface area (Å²) in [5.74, 6) is 1.43. The SMILES string of the molecule is CCC1SC(=NN=Cc2ccc(OC)cc2OC)N(Cc2ccccc2)C1=O. The number of ether oxygens (including phenoxy) is 2. The van der Waals surface area contributed by atoms with E-state index in [4.69, 9.17) is 9.47 Å². The van der Waals surface area contributed by atoms with E-state index in [1.807, 2.05) is 49.4 Å². The zero-order valence-corrected chi connectivity index (χ0v) is 17.0. The average Bonchev–Trinajstić information content (AvgIpc) is 3.03. The fraction of sp³-hybridized carbons (Fsp3) is 0.286. The first-order chi connectivity index (χ1) is 13.7. The number of methoxy groups -OCH3 is 2. The second-order valence-corrected chi connectivity index (χ2v) is 7.33. The summed E-state index contributed by atoms with van der Waals surface area (Å²) in [5.41, 5.74) is 1.84. The highest BCUT2D eigenvalue weighted by atomic mass is 32.2. The summed E-state index contributed by atoms with van der Waals surface area (Å²) < 4.78 is 10.6. The van der Waals surface area contributed by atoms with Crippen LogP contribution in [-0.2, 0) is 11.3 Å². The summed E-state index contributed by atoms with van der Waals surface area (Å²) in [6, 6.07) is 15.4. The molecule has 1 unspecified atom stereocenters. The third-order valence-electron chi connectivity index (χ3n) is 4.36. The molecule has 0 bridgehead atoms. The van der Waals surface area contributed by atoms with Crippen molar-refractivity contribution in [2.45, 2.75) is 25.1 Å². The Kier molecular flexibility index (Phi) is 6.71. The third-order valence-corrected chi connectivity index (χ3v) is 5.69. The molecular weight excluding hydrogens is 374 g/mol. The normalized spacial score (nSPS) is 18.2. The van der Waals surface area contributed by atoms with Crippen molar-refractivity contribution in [1.82, 2.24) is 4.90 Å². The lowest BCUT2D eigenvalue weighted by atomic mass is 10.2. The number of rotatable bonds is 7. The number of thioether (sulfide) groups is 1. The average molecular weight is 398 g/mol. The van der Waals surface area contributed by atoms with E-state index in [0.717, 1.165) is 17.5 Å². The molecule has 1 heterocycles. The molecule has 1 fully saturated rings. The Balaban J connectivity index is 1.82. The fourth-order valence-corrected chi connectivity index (χ4v) is 3.85. The molecule has 3 rings (SSSR count). The van der Waals surface area contributed by atoms with Crippen LogP contribution in [-0.4, -0.2) is 41.7 Å². The summed E-state index contributed by atoms with van der Waals surface area (Å²) in [4.78, 5) is 14.4. The highest BCUT2D eigenvalue weighted by Crippen LogP contribution is 2.31. The van der Waals surface area contributed by atoms with Gasteiger partial charge in [-0.05, 0) is 24.1 Å². The van der Waals surface area contributed by atoms with Crippen LogP contribution in [0.1, 0.15) is 24.5 Å². The van der Waals surface area contributed by atoms with Crippen molar-refractivity contribution >= 4 is 29.1 Å². The van der Waals surface area contributed by atoms with Gasteiger partial charge in [0.05, 0.1) is 32.2 Å². The maximum Gasteiger partial charge on any atom is 0.242 e. The molecule has 1 aliphatic rings. The molecule has 2 aromatic carbocycles. The Labute approximate surface area is 169 Å². The number of carbonyl (C=O) groups is 1. The van der Waals surface area contributed by atoms with Gasteiger partial charge in [-0.2, -0.15) is 5.10 Å². The molecular formula is C21H23N3O3S. The zero-order chi connectivity index (χ0) is 19.9. The highest BCUT2D eigenvalue weighted by molar-refractivity contribution is 8.15. The van der Waals surface area contributed by atoms with E-state index in [-0.39, 0.29) is 11.2 Å². The Hall–Kier alpha value is -2.80. The van der Waals surface area contributed by atoms with E-state index in [1.165, 1.54) is 11.8 Å². The molecule has 6 nitrogen and oxygen atoms in total. The van der Waals surface area contributed by atoms with Crippen LogP contribution in [0.3, 0.4) is 0 Å². The lowest BCUT2D eigenvalue weighted by Crippen LogP contribution is -2.31. The monoisotopic (exact) mass is 397 g/mol. The van der Waals surface area contributed by atoms with E-state index in [0.29, 0.717) is 23.2 Å². The topological polar surface area (TPSA) is 63.5 Å². The molecule has 1 atom stereocenters. The second kappa shape index (κ2) is 9.41. The number of hydrogen-bond donors (Lipinski definition) is 0. The van der Waals surface area contributed by atoms with E-state index >= 15 is 0 Å². The van der Waals surface area contributed by atoms with Crippen LogP contribution in [0.4, 0.5) is 0 Å². The van der Waals surface area contributed by atoms with E-state index < -0.39 is 0 Å².